The van der Waals surface area contributed by atoms with Gasteiger partial charge in [0.05, 0.1) is 50.7 Å². The summed E-state index contributed by atoms with van der Waals surface area (Å²) in [6.45, 7) is 0. The Balaban J connectivity index is 2.48. The summed E-state index contributed by atoms with van der Waals surface area (Å²) >= 11 is 0. The van der Waals surface area contributed by atoms with Crippen molar-refractivity contribution in [2.24, 2.45) is 0 Å². The van der Waals surface area contributed by atoms with Crippen LogP contribution in [0.5, 0.6) is 11.5 Å². The minimum atomic E-state index is -0.893. The second kappa shape index (κ2) is 9.16. The van der Waals surface area contributed by atoms with Gasteiger partial charge in [-0.3, -0.25) is 10.1 Å². The van der Waals surface area contributed by atoms with Gasteiger partial charge in [0.25, 0.3) is 5.69 Å². The lowest BCUT2D eigenvalue weighted by Crippen LogP contribution is -2.15. The van der Waals surface area contributed by atoms with Gasteiger partial charge >= 0.3 is 11.9 Å². The minimum absolute atomic E-state index is 0.0430. The minimum Gasteiger partial charge on any atom is -0.493 e. The summed E-state index contributed by atoms with van der Waals surface area (Å²) in [6.07, 6.45) is 0. The van der Waals surface area contributed by atoms with Crippen molar-refractivity contribution >= 4 is 17.6 Å². The SMILES string of the molecule is COC(=O)c1c(-c2cc([N+](=O)[O-])cc(OC)c2OC)nn(-c2ccccc2)c1C(=O)OC. The number of aromatic nitrogens is 2. The summed E-state index contributed by atoms with van der Waals surface area (Å²) in [4.78, 5) is 36.3. The Labute approximate surface area is 182 Å². The van der Waals surface area contributed by atoms with Gasteiger partial charge in [-0.15, -0.1) is 0 Å². The highest BCUT2D eigenvalue weighted by molar-refractivity contribution is 6.07. The first-order valence-electron chi connectivity index (χ1n) is 9.13. The molecule has 11 heteroatoms. The van der Waals surface area contributed by atoms with Crippen LogP contribution in [0.3, 0.4) is 0 Å². The quantitative estimate of drug-likeness (QED) is 0.308. The number of rotatable bonds is 7. The molecule has 32 heavy (non-hydrogen) atoms. The average Bonchev–Trinajstić information content (AvgIpc) is 3.23. The monoisotopic (exact) mass is 441 g/mol. The lowest BCUT2D eigenvalue weighted by molar-refractivity contribution is -0.384. The van der Waals surface area contributed by atoms with Gasteiger partial charge in [0.15, 0.2) is 17.2 Å². The Bertz CT molecular complexity index is 1190. The van der Waals surface area contributed by atoms with Crippen LogP contribution in [-0.4, -0.2) is 55.1 Å². The number of carbonyl (C=O) groups is 2. The lowest BCUT2D eigenvalue weighted by Gasteiger charge is -2.12. The number of nitro benzene ring substituents is 1. The number of para-hydroxylation sites is 1. The molecule has 0 aliphatic heterocycles. The van der Waals surface area contributed by atoms with Crippen molar-refractivity contribution < 1.29 is 33.5 Å². The molecule has 0 atom stereocenters. The van der Waals surface area contributed by atoms with E-state index in [4.69, 9.17) is 18.9 Å². The largest absolute Gasteiger partial charge is 0.493 e. The fraction of sp³-hybridized carbons (Fsp3) is 0.190. The van der Waals surface area contributed by atoms with Crippen molar-refractivity contribution in [2.75, 3.05) is 28.4 Å². The molecule has 3 rings (SSSR count). The number of esters is 2. The van der Waals surface area contributed by atoms with Crippen LogP contribution in [0.25, 0.3) is 16.9 Å². The maximum atomic E-state index is 12.8. The molecule has 0 spiro atoms. The van der Waals surface area contributed by atoms with Crippen molar-refractivity contribution in [3.63, 3.8) is 0 Å². The number of hydrogen-bond acceptors (Lipinski definition) is 9. The molecule has 11 nitrogen and oxygen atoms in total. The first-order valence-corrected chi connectivity index (χ1v) is 9.13. The predicted octanol–water partition coefficient (Wildman–Crippen LogP) is 3.04. The topological polar surface area (TPSA) is 132 Å². The maximum absolute atomic E-state index is 12.8. The fourth-order valence-corrected chi connectivity index (χ4v) is 3.17. The van der Waals surface area contributed by atoms with E-state index >= 15 is 0 Å². The van der Waals surface area contributed by atoms with Gasteiger partial charge < -0.3 is 18.9 Å². The molecule has 2 aromatic carbocycles. The highest BCUT2D eigenvalue weighted by atomic mass is 16.6. The molecule has 1 aromatic heterocycles. The molecule has 0 aliphatic carbocycles. The number of non-ortho nitro benzene ring substituents is 1. The molecule has 0 amide bonds. The molecule has 3 aromatic rings. The number of carbonyl (C=O) groups excluding carboxylic acids is 2. The zero-order valence-corrected chi connectivity index (χ0v) is 17.6. The Morgan fingerprint density at radius 1 is 0.969 bits per heavy atom. The normalized spacial score (nSPS) is 10.4. The van der Waals surface area contributed by atoms with E-state index in [1.807, 2.05) is 0 Å². The first-order chi connectivity index (χ1) is 15.4. The Morgan fingerprint density at radius 2 is 1.62 bits per heavy atom. The Kier molecular flexibility index (Phi) is 6.38. The third-order valence-corrected chi connectivity index (χ3v) is 4.58. The van der Waals surface area contributed by atoms with Gasteiger partial charge in [0.2, 0.25) is 0 Å². The van der Waals surface area contributed by atoms with E-state index in [9.17, 15) is 19.7 Å². The van der Waals surface area contributed by atoms with E-state index < -0.39 is 16.9 Å². The molecule has 0 unspecified atom stereocenters. The van der Waals surface area contributed by atoms with E-state index in [0.29, 0.717) is 5.69 Å². The average molecular weight is 441 g/mol. The highest BCUT2D eigenvalue weighted by Crippen LogP contribution is 2.43. The van der Waals surface area contributed by atoms with E-state index in [0.717, 1.165) is 14.2 Å². The fourth-order valence-electron chi connectivity index (χ4n) is 3.17. The van der Waals surface area contributed by atoms with Crippen molar-refractivity contribution in [3.8, 4) is 28.4 Å². The Morgan fingerprint density at radius 3 is 2.16 bits per heavy atom. The number of nitrogens with zero attached hydrogens (tertiary/aromatic N) is 3. The van der Waals surface area contributed by atoms with E-state index in [1.165, 1.54) is 31.0 Å². The second-order valence-electron chi connectivity index (χ2n) is 6.29. The van der Waals surface area contributed by atoms with Gasteiger partial charge in [-0.25, -0.2) is 14.3 Å². The molecule has 1 heterocycles. The van der Waals surface area contributed by atoms with E-state index in [2.05, 4.69) is 5.10 Å². The summed E-state index contributed by atoms with van der Waals surface area (Å²) in [5, 5.41) is 15.9. The van der Waals surface area contributed by atoms with Gasteiger partial charge in [0, 0.05) is 6.07 Å². The van der Waals surface area contributed by atoms with Gasteiger partial charge in [0.1, 0.15) is 11.3 Å². The molecular weight excluding hydrogens is 422 g/mol. The number of methoxy groups -OCH3 is 4. The Hall–Kier alpha value is -4.41. The smallest absolute Gasteiger partial charge is 0.357 e. The van der Waals surface area contributed by atoms with Gasteiger partial charge in [-0.05, 0) is 12.1 Å². The number of nitro groups is 1. The van der Waals surface area contributed by atoms with Crippen molar-refractivity contribution in [1.82, 2.24) is 9.78 Å². The summed E-state index contributed by atoms with van der Waals surface area (Å²) in [7, 11) is 4.94. The summed E-state index contributed by atoms with van der Waals surface area (Å²) in [5.41, 5.74) is -0.376. The molecular formula is C21H19N3O8. The third-order valence-electron chi connectivity index (χ3n) is 4.58. The zero-order chi connectivity index (χ0) is 23.4. The van der Waals surface area contributed by atoms with Crippen LogP contribution in [0.15, 0.2) is 42.5 Å². The standard InChI is InChI=1S/C21H19N3O8/c1-29-15-11-13(24(27)28)10-14(19(15)30-2)17-16(20(25)31-3)18(21(26)32-4)23(22-17)12-8-6-5-7-9-12/h5-11H,1-4H3. The molecule has 0 saturated heterocycles. The zero-order valence-electron chi connectivity index (χ0n) is 17.6. The van der Waals surface area contributed by atoms with Crippen LogP contribution in [0.4, 0.5) is 5.69 Å². The van der Waals surface area contributed by atoms with E-state index in [-0.39, 0.29) is 39.7 Å². The van der Waals surface area contributed by atoms with Crippen LogP contribution in [0.2, 0.25) is 0 Å². The first kappa shape index (κ1) is 22.3. The van der Waals surface area contributed by atoms with Gasteiger partial charge in [-0.2, -0.15) is 5.10 Å². The molecule has 0 bridgehead atoms. The highest BCUT2D eigenvalue weighted by Gasteiger charge is 2.34. The summed E-state index contributed by atoms with van der Waals surface area (Å²) in [6, 6.07) is 10.9. The predicted molar refractivity (Wildman–Crippen MR) is 111 cm³/mol. The second-order valence-corrected chi connectivity index (χ2v) is 6.29. The molecule has 0 saturated carbocycles. The molecule has 166 valence electrons. The van der Waals surface area contributed by atoms with Crippen LogP contribution in [0, 0.1) is 10.1 Å². The lowest BCUT2D eigenvalue weighted by atomic mass is 10.0. The number of ether oxygens (including phenoxy) is 4. The number of hydrogen-bond donors (Lipinski definition) is 0. The van der Waals surface area contributed by atoms with Gasteiger partial charge in [-0.1, -0.05) is 18.2 Å². The van der Waals surface area contributed by atoms with Crippen molar-refractivity contribution in [3.05, 3.63) is 63.8 Å². The summed E-state index contributed by atoms with van der Waals surface area (Å²) < 4.78 is 21.6. The van der Waals surface area contributed by atoms with Crippen molar-refractivity contribution in [2.45, 2.75) is 0 Å². The molecule has 0 aliphatic rings. The van der Waals surface area contributed by atoms with Crippen LogP contribution in [-0.2, 0) is 9.47 Å². The van der Waals surface area contributed by atoms with Crippen LogP contribution >= 0.6 is 0 Å². The molecule has 0 fully saturated rings. The van der Waals surface area contributed by atoms with Crippen molar-refractivity contribution in [1.29, 1.82) is 0 Å². The number of benzene rings is 2. The molecule has 0 radical (unpaired) electrons. The van der Waals surface area contributed by atoms with E-state index in [1.54, 1.807) is 30.3 Å². The van der Waals surface area contributed by atoms with Crippen LogP contribution in [0.1, 0.15) is 20.8 Å². The maximum Gasteiger partial charge on any atom is 0.357 e. The summed E-state index contributed by atoms with van der Waals surface area (Å²) in [5.74, 6) is -1.63. The molecule has 0 N–H and O–H groups in total. The third kappa shape index (κ3) is 3.83. The van der Waals surface area contributed by atoms with Crippen LogP contribution < -0.4 is 9.47 Å².